The van der Waals surface area contributed by atoms with Gasteiger partial charge in [0.05, 0.1) is 13.2 Å². The van der Waals surface area contributed by atoms with Crippen molar-refractivity contribution < 1.29 is 19.1 Å². The maximum atomic E-state index is 11.9. The molecule has 0 atom stereocenters. The molecule has 0 fully saturated rings. The van der Waals surface area contributed by atoms with Gasteiger partial charge in [0, 0.05) is 5.69 Å². The highest BCUT2D eigenvalue weighted by Crippen LogP contribution is 2.12. The third-order valence-corrected chi connectivity index (χ3v) is 2.40. The van der Waals surface area contributed by atoms with Gasteiger partial charge in [-0.25, -0.2) is 15.4 Å². The summed E-state index contributed by atoms with van der Waals surface area (Å²) in [6, 6.07) is 8.94. The molecule has 0 spiro atoms. The number of anilines is 1. The fourth-order valence-electron chi connectivity index (χ4n) is 1.53. The summed E-state index contributed by atoms with van der Waals surface area (Å²) in [5.41, 5.74) is 2.63. The lowest BCUT2D eigenvalue weighted by molar-refractivity contribution is -0.146. The molecule has 0 saturated heterocycles. The van der Waals surface area contributed by atoms with E-state index in [1.54, 1.807) is 38.1 Å². The number of esters is 2. The van der Waals surface area contributed by atoms with Gasteiger partial charge in [-0.1, -0.05) is 18.2 Å². The normalized spacial score (nSPS) is 9.48. The number of carbonyl (C=O) groups excluding carboxylic acids is 2. The van der Waals surface area contributed by atoms with E-state index in [-0.39, 0.29) is 24.6 Å². The molecule has 114 valence electrons. The van der Waals surface area contributed by atoms with Crippen molar-refractivity contribution >= 4 is 17.6 Å². The summed E-state index contributed by atoms with van der Waals surface area (Å²) < 4.78 is 9.72. The number of nitrogens with two attached hydrogens (primary N) is 1. The Labute approximate surface area is 123 Å². The topological polar surface area (TPSA) is 103 Å². The Bertz CT molecular complexity index is 494. The minimum absolute atomic E-state index is 0.0121. The van der Waals surface area contributed by atoms with Crippen molar-refractivity contribution in [2.24, 2.45) is 5.84 Å². The fraction of sp³-hybridized carbons (Fsp3) is 0.286. The van der Waals surface area contributed by atoms with Crippen LogP contribution in [0.5, 0.6) is 0 Å². The van der Waals surface area contributed by atoms with E-state index >= 15 is 0 Å². The Hall–Kier alpha value is -2.54. The van der Waals surface area contributed by atoms with Crippen molar-refractivity contribution in [2.45, 2.75) is 13.8 Å². The average Bonchev–Trinajstić information content (AvgIpc) is 2.48. The van der Waals surface area contributed by atoms with Gasteiger partial charge in [-0.2, -0.15) is 0 Å². The first-order chi connectivity index (χ1) is 10.1. The van der Waals surface area contributed by atoms with Crippen LogP contribution < -0.4 is 16.6 Å². The third-order valence-electron chi connectivity index (χ3n) is 2.40. The Morgan fingerprint density at radius 1 is 1.05 bits per heavy atom. The predicted octanol–water partition coefficient (Wildman–Crippen LogP) is 0.900. The van der Waals surface area contributed by atoms with E-state index in [2.05, 4.69) is 10.7 Å². The number of hydrogen-bond donors (Lipinski definition) is 3. The fourth-order valence-corrected chi connectivity index (χ4v) is 1.53. The van der Waals surface area contributed by atoms with Crippen molar-refractivity contribution in [3.63, 3.8) is 0 Å². The van der Waals surface area contributed by atoms with Gasteiger partial charge in [-0.3, -0.25) is 0 Å². The highest BCUT2D eigenvalue weighted by atomic mass is 16.6. The number of hydrazine groups is 1. The van der Waals surface area contributed by atoms with Crippen molar-refractivity contribution in [3.05, 3.63) is 41.7 Å². The monoisotopic (exact) mass is 293 g/mol. The molecule has 1 aromatic rings. The quantitative estimate of drug-likeness (QED) is 0.171. The zero-order chi connectivity index (χ0) is 15.7. The summed E-state index contributed by atoms with van der Waals surface area (Å²) in [5, 5.41) is 2.85. The van der Waals surface area contributed by atoms with E-state index < -0.39 is 11.9 Å². The molecular formula is C14H19N3O4. The van der Waals surface area contributed by atoms with E-state index in [0.29, 0.717) is 5.69 Å². The van der Waals surface area contributed by atoms with E-state index in [4.69, 9.17) is 15.3 Å². The van der Waals surface area contributed by atoms with Crippen LogP contribution in [-0.4, -0.2) is 25.2 Å². The van der Waals surface area contributed by atoms with Gasteiger partial charge in [0.25, 0.3) is 0 Å². The second-order valence-electron chi connectivity index (χ2n) is 3.83. The second kappa shape index (κ2) is 8.60. The van der Waals surface area contributed by atoms with Crippen molar-refractivity contribution in [3.8, 4) is 0 Å². The number of rotatable bonds is 7. The summed E-state index contributed by atoms with van der Waals surface area (Å²) in [6.45, 7) is 3.54. The SMILES string of the molecule is CCOC(=O)C(C(=O)OCC)=C(NN)Nc1ccccc1. The van der Waals surface area contributed by atoms with Crippen molar-refractivity contribution in [1.29, 1.82) is 0 Å². The predicted molar refractivity (Wildman–Crippen MR) is 77.7 cm³/mol. The number of hydrogen-bond acceptors (Lipinski definition) is 7. The number of para-hydroxylation sites is 1. The summed E-state index contributed by atoms with van der Waals surface area (Å²) >= 11 is 0. The Morgan fingerprint density at radius 3 is 2.00 bits per heavy atom. The Kier molecular flexibility index (Phi) is 6.76. The number of benzene rings is 1. The molecule has 0 saturated carbocycles. The standard InChI is InChI=1S/C14H19N3O4/c1-3-20-13(18)11(14(19)21-4-2)12(17-15)16-10-8-6-5-7-9-10/h5-9,16-17H,3-4,15H2,1-2H3. The average molecular weight is 293 g/mol. The number of carbonyl (C=O) groups is 2. The van der Waals surface area contributed by atoms with Gasteiger partial charge in [0.15, 0.2) is 5.57 Å². The molecule has 0 bridgehead atoms. The van der Waals surface area contributed by atoms with E-state index in [9.17, 15) is 9.59 Å². The van der Waals surface area contributed by atoms with Gasteiger partial charge in [-0.15, -0.1) is 0 Å². The highest BCUT2D eigenvalue weighted by molar-refractivity contribution is 6.15. The summed E-state index contributed by atoms with van der Waals surface area (Å²) in [5.74, 6) is 3.79. The lowest BCUT2D eigenvalue weighted by atomic mass is 10.2. The zero-order valence-corrected chi connectivity index (χ0v) is 12.0. The largest absolute Gasteiger partial charge is 0.462 e. The minimum Gasteiger partial charge on any atom is -0.462 e. The van der Waals surface area contributed by atoms with Gasteiger partial charge in [-0.05, 0) is 26.0 Å². The van der Waals surface area contributed by atoms with E-state index in [1.807, 2.05) is 6.07 Å². The van der Waals surface area contributed by atoms with Crippen LogP contribution in [0.3, 0.4) is 0 Å². The van der Waals surface area contributed by atoms with Gasteiger partial charge in [0.2, 0.25) is 0 Å². The first kappa shape index (κ1) is 16.5. The summed E-state index contributed by atoms with van der Waals surface area (Å²) in [4.78, 5) is 23.9. The van der Waals surface area contributed by atoms with Crippen molar-refractivity contribution in [1.82, 2.24) is 5.43 Å². The molecule has 0 heterocycles. The molecule has 21 heavy (non-hydrogen) atoms. The molecule has 4 N–H and O–H groups in total. The highest BCUT2D eigenvalue weighted by Gasteiger charge is 2.26. The van der Waals surface area contributed by atoms with Crippen LogP contribution >= 0.6 is 0 Å². The Morgan fingerprint density at radius 2 is 1.57 bits per heavy atom. The van der Waals surface area contributed by atoms with Crippen molar-refractivity contribution in [2.75, 3.05) is 18.5 Å². The molecule has 1 aromatic carbocycles. The molecule has 0 unspecified atom stereocenters. The lowest BCUT2D eigenvalue weighted by Crippen LogP contribution is -2.33. The van der Waals surface area contributed by atoms with Crippen LogP contribution in [0.4, 0.5) is 5.69 Å². The van der Waals surface area contributed by atoms with E-state index in [0.717, 1.165) is 0 Å². The van der Waals surface area contributed by atoms with E-state index in [1.165, 1.54) is 0 Å². The molecule has 7 heteroatoms. The molecule has 1 rings (SSSR count). The Balaban J connectivity index is 3.14. The van der Waals surface area contributed by atoms with Crippen LogP contribution in [0.2, 0.25) is 0 Å². The number of nitrogens with one attached hydrogen (secondary N) is 2. The molecular weight excluding hydrogens is 274 g/mol. The molecule has 0 aliphatic carbocycles. The maximum Gasteiger partial charge on any atom is 0.349 e. The molecule has 0 aliphatic rings. The van der Waals surface area contributed by atoms with Crippen LogP contribution in [-0.2, 0) is 19.1 Å². The molecule has 0 radical (unpaired) electrons. The van der Waals surface area contributed by atoms with Gasteiger partial charge >= 0.3 is 11.9 Å². The lowest BCUT2D eigenvalue weighted by Gasteiger charge is -2.15. The molecule has 0 aromatic heterocycles. The minimum atomic E-state index is -0.813. The second-order valence-corrected chi connectivity index (χ2v) is 3.83. The first-order valence-corrected chi connectivity index (χ1v) is 6.51. The van der Waals surface area contributed by atoms with Gasteiger partial charge < -0.3 is 20.2 Å². The zero-order valence-electron chi connectivity index (χ0n) is 12.0. The van der Waals surface area contributed by atoms with Crippen LogP contribution in [0, 0.1) is 0 Å². The van der Waals surface area contributed by atoms with Crippen LogP contribution in [0.15, 0.2) is 41.7 Å². The van der Waals surface area contributed by atoms with Crippen LogP contribution in [0.25, 0.3) is 0 Å². The van der Waals surface area contributed by atoms with Crippen LogP contribution in [0.1, 0.15) is 13.8 Å². The summed E-state index contributed by atoms with van der Waals surface area (Å²) in [7, 11) is 0. The summed E-state index contributed by atoms with van der Waals surface area (Å²) in [6.07, 6.45) is 0. The first-order valence-electron chi connectivity index (χ1n) is 6.51. The molecule has 7 nitrogen and oxygen atoms in total. The smallest absolute Gasteiger partial charge is 0.349 e. The maximum absolute atomic E-state index is 11.9. The number of ether oxygens (including phenoxy) is 2. The molecule has 0 aliphatic heterocycles. The van der Waals surface area contributed by atoms with Gasteiger partial charge in [0.1, 0.15) is 5.82 Å². The molecule has 0 amide bonds. The third kappa shape index (κ3) is 4.81.